The van der Waals surface area contributed by atoms with Gasteiger partial charge in [0.1, 0.15) is 23.3 Å². The third-order valence-electron chi connectivity index (χ3n) is 2.79. The van der Waals surface area contributed by atoms with E-state index in [-0.39, 0.29) is 10.9 Å². The summed E-state index contributed by atoms with van der Waals surface area (Å²) >= 11 is 0. The first kappa shape index (κ1) is 21.6. The molecule has 7 heteroatoms. The second-order valence-corrected chi connectivity index (χ2v) is 7.63. The number of quaternary nitrogens is 1. The quantitative estimate of drug-likeness (QED) is 0.447. The molecule has 132 valence electrons. The summed E-state index contributed by atoms with van der Waals surface area (Å²) in [5.74, 6) is -0.0778. The monoisotopic (exact) mass is 345 g/mol. The minimum atomic E-state index is -4.27. The standard InChI is InChI=1S/C9H20NO2.C7H8O3S/c1-5-6-9(11)12-8-7-10(2,3)4;1-6-2-4-7(5-3-6)11(8,9)10/h5-8H2,1-4H3;2-5H,1H3,(H,8,9,10)/q+1;/p-1. The molecule has 0 bridgehead atoms. The van der Waals surface area contributed by atoms with E-state index in [0.717, 1.165) is 23.0 Å². The molecule has 1 rings (SSSR count). The van der Waals surface area contributed by atoms with Gasteiger partial charge in [-0.3, -0.25) is 4.79 Å². The Balaban J connectivity index is 0.000000422. The predicted molar refractivity (Wildman–Crippen MR) is 87.9 cm³/mol. The molecule has 0 spiro atoms. The number of rotatable bonds is 6. The Morgan fingerprint density at radius 1 is 1.17 bits per heavy atom. The predicted octanol–water partition coefficient (Wildman–Crippen LogP) is 1.94. The smallest absolute Gasteiger partial charge is 0.305 e. The number of nitrogens with zero attached hydrogens (tertiary/aromatic N) is 1. The number of carbonyl (C=O) groups excluding carboxylic acids is 1. The molecule has 0 N–H and O–H groups in total. The van der Waals surface area contributed by atoms with Crippen LogP contribution in [0.2, 0.25) is 0 Å². The summed E-state index contributed by atoms with van der Waals surface area (Å²) in [6.45, 7) is 5.19. The molecule has 0 saturated carbocycles. The van der Waals surface area contributed by atoms with Crippen LogP contribution in [0.25, 0.3) is 0 Å². The zero-order chi connectivity index (χ0) is 18.1. The lowest BCUT2D eigenvalue weighted by Crippen LogP contribution is -2.37. The van der Waals surface area contributed by atoms with Crippen molar-refractivity contribution in [2.45, 2.75) is 31.6 Å². The van der Waals surface area contributed by atoms with Crippen LogP contribution in [-0.4, -0.2) is 57.7 Å². The molecule has 0 aliphatic rings. The van der Waals surface area contributed by atoms with Crippen LogP contribution in [0.4, 0.5) is 0 Å². The van der Waals surface area contributed by atoms with Gasteiger partial charge in [-0.15, -0.1) is 0 Å². The van der Waals surface area contributed by atoms with E-state index in [4.69, 9.17) is 4.74 Å². The Labute approximate surface area is 139 Å². The Morgan fingerprint density at radius 2 is 1.70 bits per heavy atom. The molecular formula is C16H27NO5S. The Morgan fingerprint density at radius 3 is 2.09 bits per heavy atom. The largest absolute Gasteiger partial charge is 0.744 e. The van der Waals surface area contributed by atoms with Gasteiger partial charge in [-0.25, -0.2) is 8.42 Å². The lowest BCUT2D eigenvalue weighted by atomic mass is 10.2. The van der Waals surface area contributed by atoms with Crippen molar-refractivity contribution in [2.24, 2.45) is 0 Å². The van der Waals surface area contributed by atoms with Crippen LogP contribution < -0.4 is 0 Å². The Hall–Kier alpha value is -1.44. The maximum Gasteiger partial charge on any atom is 0.305 e. The number of carbonyl (C=O) groups is 1. The van der Waals surface area contributed by atoms with Crippen molar-refractivity contribution in [1.29, 1.82) is 0 Å². The van der Waals surface area contributed by atoms with E-state index < -0.39 is 10.1 Å². The minimum Gasteiger partial charge on any atom is -0.744 e. The normalized spacial score (nSPS) is 11.4. The number of benzene rings is 1. The van der Waals surface area contributed by atoms with Gasteiger partial charge < -0.3 is 13.8 Å². The highest BCUT2D eigenvalue weighted by Gasteiger charge is 2.08. The number of esters is 1. The summed E-state index contributed by atoms with van der Waals surface area (Å²) in [5, 5.41) is 0. The third kappa shape index (κ3) is 11.7. The lowest BCUT2D eigenvalue weighted by Gasteiger charge is -2.23. The van der Waals surface area contributed by atoms with Crippen molar-refractivity contribution in [3.8, 4) is 0 Å². The molecule has 0 fully saturated rings. The average Bonchev–Trinajstić information content (AvgIpc) is 2.37. The van der Waals surface area contributed by atoms with Gasteiger partial charge in [0.25, 0.3) is 0 Å². The zero-order valence-corrected chi connectivity index (χ0v) is 15.4. The SMILES string of the molecule is CCCC(=O)OCC[N+](C)(C)C.Cc1ccc(S(=O)(=O)[O-])cc1. The molecular weight excluding hydrogens is 318 g/mol. The van der Waals surface area contributed by atoms with Gasteiger partial charge in [-0.2, -0.15) is 0 Å². The van der Waals surface area contributed by atoms with Crippen LogP contribution in [0.1, 0.15) is 25.3 Å². The van der Waals surface area contributed by atoms with Crippen molar-refractivity contribution in [3.05, 3.63) is 29.8 Å². The highest BCUT2D eigenvalue weighted by Crippen LogP contribution is 2.08. The van der Waals surface area contributed by atoms with Crippen LogP contribution in [0.5, 0.6) is 0 Å². The van der Waals surface area contributed by atoms with Gasteiger partial charge in [-0.1, -0.05) is 24.6 Å². The molecule has 1 aromatic carbocycles. The molecule has 0 amide bonds. The molecule has 0 aliphatic heterocycles. The van der Waals surface area contributed by atoms with Crippen LogP contribution in [0.3, 0.4) is 0 Å². The van der Waals surface area contributed by atoms with Crippen LogP contribution in [-0.2, 0) is 19.6 Å². The number of hydrogen-bond acceptors (Lipinski definition) is 5. The van der Waals surface area contributed by atoms with E-state index in [2.05, 4.69) is 21.1 Å². The first-order chi connectivity index (χ1) is 10.5. The van der Waals surface area contributed by atoms with Crippen molar-refractivity contribution in [3.63, 3.8) is 0 Å². The second-order valence-electron chi connectivity index (χ2n) is 6.25. The summed E-state index contributed by atoms with van der Waals surface area (Å²) < 4.78 is 37.0. The van der Waals surface area contributed by atoms with Gasteiger partial charge in [0.05, 0.1) is 26.0 Å². The molecule has 6 nitrogen and oxygen atoms in total. The van der Waals surface area contributed by atoms with Gasteiger partial charge in [-0.05, 0) is 25.5 Å². The first-order valence-corrected chi connectivity index (χ1v) is 8.85. The second kappa shape index (κ2) is 9.64. The van der Waals surface area contributed by atoms with Crippen LogP contribution in [0, 0.1) is 6.92 Å². The summed E-state index contributed by atoms with van der Waals surface area (Å²) in [6, 6.07) is 5.78. The van der Waals surface area contributed by atoms with E-state index in [9.17, 15) is 17.8 Å². The number of hydrogen-bond donors (Lipinski definition) is 0. The van der Waals surface area contributed by atoms with Crippen molar-refractivity contribution in [2.75, 3.05) is 34.3 Å². The summed E-state index contributed by atoms with van der Waals surface area (Å²) in [5.41, 5.74) is 0.928. The molecule has 0 unspecified atom stereocenters. The fourth-order valence-corrected chi connectivity index (χ4v) is 1.88. The number of ether oxygens (including phenoxy) is 1. The molecule has 0 heterocycles. The molecule has 0 atom stereocenters. The fourth-order valence-electron chi connectivity index (χ4n) is 1.41. The maximum absolute atomic E-state index is 10.9. The molecule has 1 aromatic rings. The van der Waals surface area contributed by atoms with Crippen molar-refractivity contribution in [1.82, 2.24) is 0 Å². The number of aryl methyl sites for hydroxylation is 1. The van der Waals surface area contributed by atoms with E-state index in [1.807, 2.05) is 13.8 Å². The maximum atomic E-state index is 10.9. The Bertz CT molecular complexity index is 573. The fraction of sp³-hybridized carbons (Fsp3) is 0.562. The summed E-state index contributed by atoms with van der Waals surface area (Å²) in [4.78, 5) is 10.7. The zero-order valence-electron chi connectivity index (χ0n) is 14.5. The summed E-state index contributed by atoms with van der Waals surface area (Å²) in [6.07, 6.45) is 1.40. The third-order valence-corrected chi connectivity index (χ3v) is 3.64. The van der Waals surface area contributed by atoms with E-state index >= 15 is 0 Å². The van der Waals surface area contributed by atoms with E-state index in [1.54, 1.807) is 12.1 Å². The molecule has 0 radical (unpaired) electrons. The van der Waals surface area contributed by atoms with Gasteiger partial charge in [0.2, 0.25) is 0 Å². The molecule has 23 heavy (non-hydrogen) atoms. The Kier molecular flexibility index (Phi) is 9.04. The number of likely N-dealkylation sites (N-methyl/N-ethyl adjacent to an activating group) is 1. The van der Waals surface area contributed by atoms with E-state index in [1.165, 1.54) is 12.1 Å². The van der Waals surface area contributed by atoms with Crippen LogP contribution >= 0.6 is 0 Å². The van der Waals surface area contributed by atoms with Crippen molar-refractivity contribution < 1.29 is 27.0 Å². The van der Waals surface area contributed by atoms with E-state index in [0.29, 0.717) is 13.0 Å². The van der Waals surface area contributed by atoms with Crippen molar-refractivity contribution >= 4 is 16.1 Å². The highest BCUT2D eigenvalue weighted by atomic mass is 32.2. The average molecular weight is 345 g/mol. The topological polar surface area (TPSA) is 83.5 Å². The molecule has 0 aliphatic carbocycles. The first-order valence-electron chi connectivity index (χ1n) is 7.44. The highest BCUT2D eigenvalue weighted by molar-refractivity contribution is 7.85. The van der Waals surface area contributed by atoms with Gasteiger partial charge in [0.15, 0.2) is 0 Å². The van der Waals surface area contributed by atoms with Gasteiger partial charge >= 0.3 is 5.97 Å². The van der Waals surface area contributed by atoms with Gasteiger partial charge in [0, 0.05) is 6.42 Å². The van der Waals surface area contributed by atoms with Crippen LogP contribution in [0.15, 0.2) is 29.2 Å². The lowest BCUT2D eigenvalue weighted by molar-refractivity contribution is -0.870. The molecule has 0 saturated heterocycles. The minimum absolute atomic E-state index is 0.0778. The molecule has 0 aromatic heterocycles. The summed E-state index contributed by atoms with van der Waals surface area (Å²) in [7, 11) is 1.96.